The van der Waals surface area contributed by atoms with Gasteiger partial charge in [-0.05, 0) is 24.5 Å². The number of hydrogen-bond acceptors (Lipinski definition) is 3. The Morgan fingerprint density at radius 1 is 1.42 bits per heavy atom. The van der Waals surface area contributed by atoms with Crippen LogP contribution < -0.4 is 5.32 Å². The van der Waals surface area contributed by atoms with Crippen molar-refractivity contribution in [1.82, 2.24) is 9.55 Å². The highest BCUT2D eigenvalue weighted by molar-refractivity contribution is 5.95. The van der Waals surface area contributed by atoms with Gasteiger partial charge in [0.25, 0.3) is 0 Å². The molecule has 1 unspecified atom stereocenters. The lowest BCUT2D eigenvalue weighted by Crippen LogP contribution is -2.25. The summed E-state index contributed by atoms with van der Waals surface area (Å²) < 4.78 is 1.64. The van der Waals surface area contributed by atoms with Crippen molar-refractivity contribution in [1.29, 1.82) is 5.26 Å². The maximum absolute atomic E-state index is 12.3. The van der Waals surface area contributed by atoms with Crippen molar-refractivity contribution in [2.24, 2.45) is 0 Å². The van der Waals surface area contributed by atoms with Gasteiger partial charge in [-0.3, -0.25) is 4.79 Å². The molecule has 0 saturated heterocycles. The maximum atomic E-state index is 12.3. The molecule has 2 aromatic rings. The molecule has 0 bridgehead atoms. The number of hydrogen-bond donors (Lipinski definition) is 1. The number of carbonyl (C=O) groups excluding carboxylic acids is 1. The monoisotopic (exact) mass is 252 g/mol. The number of fused-ring (bicyclic) bond motifs is 1. The number of rotatable bonds is 1. The summed E-state index contributed by atoms with van der Waals surface area (Å²) in [6.07, 6.45) is 4.68. The van der Waals surface area contributed by atoms with Gasteiger partial charge < -0.3 is 9.88 Å². The summed E-state index contributed by atoms with van der Waals surface area (Å²) in [5, 5.41) is 11.9. The molecule has 1 N–H and O–H groups in total. The third-order valence-electron chi connectivity index (χ3n) is 3.37. The summed E-state index contributed by atoms with van der Waals surface area (Å²) in [5.74, 6) is 0.172. The summed E-state index contributed by atoms with van der Waals surface area (Å²) in [7, 11) is 0. The Hall–Kier alpha value is -2.61. The minimum absolute atomic E-state index is 0.0977. The van der Waals surface area contributed by atoms with Crippen LogP contribution >= 0.6 is 0 Å². The Bertz CT molecular complexity index is 668. The van der Waals surface area contributed by atoms with Crippen LogP contribution in [0.25, 0.3) is 0 Å². The first-order valence-electron chi connectivity index (χ1n) is 6.11. The SMILES string of the molecule is N#Cc1nccn1C1CCc2ccccc2NC1=O. The van der Waals surface area contributed by atoms with Gasteiger partial charge in [0.05, 0.1) is 0 Å². The third-order valence-corrected chi connectivity index (χ3v) is 3.37. The molecule has 5 nitrogen and oxygen atoms in total. The molecule has 2 heterocycles. The summed E-state index contributed by atoms with van der Waals surface area (Å²) in [6.45, 7) is 0. The molecule has 1 amide bonds. The molecule has 19 heavy (non-hydrogen) atoms. The fraction of sp³-hybridized carbons (Fsp3) is 0.214. The zero-order valence-electron chi connectivity index (χ0n) is 10.2. The Morgan fingerprint density at radius 3 is 3.11 bits per heavy atom. The Labute approximate surface area is 110 Å². The zero-order chi connectivity index (χ0) is 13.2. The summed E-state index contributed by atoms with van der Waals surface area (Å²) in [6, 6.07) is 9.39. The number of nitrogens with zero attached hydrogens (tertiary/aromatic N) is 3. The van der Waals surface area contributed by atoms with E-state index in [1.165, 1.54) is 0 Å². The van der Waals surface area contributed by atoms with Crippen molar-refractivity contribution < 1.29 is 4.79 Å². The van der Waals surface area contributed by atoms with Gasteiger partial charge in [-0.2, -0.15) is 5.26 Å². The van der Waals surface area contributed by atoms with Gasteiger partial charge in [0, 0.05) is 18.1 Å². The molecule has 5 heteroatoms. The van der Waals surface area contributed by atoms with Gasteiger partial charge in [-0.25, -0.2) is 4.98 Å². The van der Waals surface area contributed by atoms with Gasteiger partial charge in [0.2, 0.25) is 11.7 Å². The predicted octanol–water partition coefficient (Wildman–Crippen LogP) is 1.88. The highest BCUT2D eigenvalue weighted by Crippen LogP contribution is 2.27. The van der Waals surface area contributed by atoms with Crippen molar-refractivity contribution in [2.45, 2.75) is 18.9 Å². The van der Waals surface area contributed by atoms with Gasteiger partial charge in [-0.1, -0.05) is 18.2 Å². The van der Waals surface area contributed by atoms with Crippen LogP contribution in [-0.2, 0) is 11.2 Å². The van der Waals surface area contributed by atoms with E-state index in [1.54, 1.807) is 17.0 Å². The first kappa shape index (κ1) is 11.5. The second-order valence-electron chi connectivity index (χ2n) is 4.47. The molecule has 94 valence electrons. The fourth-order valence-corrected chi connectivity index (χ4v) is 2.42. The number of para-hydroxylation sites is 1. The molecule has 1 aliphatic heterocycles. The lowest BCUT2D eigenvalue weighted by molar-refractivity contribution is -0.119. The van der Waals surface area contributed by atoms with Crippen molar-refractivity contribution >= 4 is 11.6 Å². The fourth-order valence-electron chi connectivity index (χ4n) is 2.42. The molecule has 0 saturated carbocycles. The number of amides is 1. The average Bonchev–Trinajstić information content (AvgIpc) is 2.82. The number of aryl methyl sites for hydroxylation is 1. The van der Waals surface area contributed by atoms with Crippen LogP contribution in [0.4, 0.5) is 5.69 Å². The van der Waals surface area contributed by atoms with Gasteiger partial charge in [-0.15, -0.1) is 0 Å². The second kappa shape index (κ2) is 4.58. The van der Waals surface area contributed by atoms with E-state index >= 15 is 0 Å². The van der Waals surface area contributed by atoms with Crippen LogP contribution in [0, 0.1) is 11.3 Å². The van der Waals surface area contributed by atoms with E-state index in [1.807, 2.05) is 30.3 Å². The van der Waals surface area contributed by atoms with Crippen LogP contribution in [-0.4, -0.2) is 15.5 Å². The van der Waals surface area contributed by atoms with Crippen LogP contribution in [0.5, 0.6) is 0 Å². The number of imidazole rings is 1. The molecule has 0 radical (unpaired) electrons. The molecular formula is C14H12N4O. The minimum atomic E-state index is -0.385. The van der Waals surface area contributed by atoms with Crippen molar-refractivity contribution in [3.05, 3.63) is 48.0 Å². The molecule has 0 aliphatic carbocycles. The van der Waals surface area contributed by atoms with Gasteiger partial charge in [0.1, 0.15) is 12.1 Å². The van der Waals surface area contributed by atoms with Crippen molar-refractivity contribution in [2.75, 3.05) is 5.32 Å². The number of nitrogens with one attached hydrogen (secondary N) is 1. The van der Waals surface area contributed by atoms with Crippen LogP contribution in [0.3, 0.4) is 0 Å². The van der Waals surface area contributed by atoms with Crippen LogP contribution in [0.2, 0.25) is 0 Å². The standard InChI is InChI=1S/C14H12N4O/c15-9-13-16-7-8-18(13)12-6-5-10-3-1-2-4-11(10)17-14(12)19/h1-4,7-8,12H,5-6H2,(H,17,19). The second-order valence-corrected chi connectivity index (χ2v) is 4.47. The van der Waals surface area contributed by atoms with E-state index in [-0.39, 0.29) is 17.8 Å². The normalized spacial score (nSPS) is 18.1. The quantitative estimate of drug-likeness (QED) is 0.842. The number of aromatic nitrogens is 2. The molecular weight excluding hydrogens is 240 g/mol. The number of anilines is 1. The first-order chi connectivity index (χ1) is 9.29. The number of nitriles is 1. The third kappa shape index (κ3) is 1.97. The lowest BCUT2D eigenvalue weighted by Gasteiger charge is -2.15. The van der Waals surface area contributed by atoms with E-state index in [2.05, 4.69) is 10.3 Å². The summed E-state index contributed by atoms with van der Waals surface area (Å²) in [5.41, 5.74) is 1.98. The first-order valence-corrected chi connectivity index (χ1v) is 6.11. The molecule has 3 rings (SSSR count). The molecule has 1 aromatic carbocycles. The smallest absolute Gasteiger partial charge is 0.247 e. The van der Waals surface area contributed by atoms with Crippen LogP contribution in [0.15, 0.2) is 36.7 Å². The summed E-state index contributed by atoms with van der Waals surface area (Å²) >= 11 is 0. The Balaban J connectivity index is 1.96. The number of carbonyl (C=O) groups is 1. The van der Waals surface area contributed by atoms with E-state index in [4.69, 9.17) is 5.26 Å². The highest BCUT2D eigenvalue weighted by Gasteiger charge is 2.26. The van der Waals surface area contributed by atoms with Gasteiger partial charge in [0.15, 0.2) is 0 Å². The van der Waals surface area contributed by atoms with E-state index < -0.39 is 0 Å². The largest absolute Gasteiger partial charge is 0.324 e. The van der Waals surface area contributed by atoms with E-state index in [9.17, 15) is 4.79 Å². The van der Waals surface area contributed by atoms with Gasteiger partial charge >= 0.3 is 0 Å². The zero-order valence-corrected chi connectivity index (χ0v) is 10.2. The highest BCUT2D eigenvalue weighted by atomic mass is 16.2. The average molecular weight is 252 g/mol. The Kier molecular flexibility index (Phi) is 2.76. The molecule has 0 spiro atoms. The van der Waals surface area contributed by atoms with Crippen molar-refractivity contribution in [3.8, 4) is 6.07 Å². The van der Waals surface area contributed by atoms with Crippen molar-refractivity contribution in [3.63, 3.8) is 0 Å². The lowest BCUT2D eigenvalue weighted by atomic mass is 10.1. The minimum Gasteiger partial charge on any atom is -0.324 e. The van der Waals surface area contributed by atoms with E-state index in [0.717, 1.165) is 17.7 Å². The van der Waals surface area contributed by atoms with E-state index in [0.29, 0.717) is 6.42 Å². The Morgan fingerprint density at radius 2 is 2.26 bits per heavy atom. The van der Waals surface area contributed by atoms with Crippen LogP contribution in [0.1, 0.15) is 23.9 Å². The maximum Gasteiger partial charge on any atom is 0.247 e. The molecule has 1 aliphatic rings. The number of benzene rings is 1. The predicted molar refractivity (Wildman–Crippen MR) is 69.4 cm³/mol. The summed E-state index contributed by atoms with van der Waals surface area (Å²) in [4.78, 5) is 16.2. The topological polar surface area (TPSA) is 70.7 Å². The molecule has 0 fully saturated rings. The molecule has 1 aromatic heterocycles. The molecule has 1 atom stereocenters.